The van der Waals surface area contributed by atoms with Crippen LogP contribution in [0.1, 0.15) is 73.4 Å². The summed E-state index contributed by atoms with van der Waals surface area (Å²) in [7, 11) is -3.21. The number of anilines is 4. The van der Waals surface area contributed by atoms with Crippen LogP contribution >= 0.6 is 112 Å². The van der Waals surface area contributed by atoms with Crippen LogP contribution in [0.3, 0.4) is 0 Å². The van der Waals surface area contributed by atoms with Gasteiger partial charge in [-0.25, -0.2) is 28.5 Å². The summed E-state index contributed by atoms with van der Waals surface area (Å²) >= 11 is 51.9. The average Bonchev–Trinajstić information content (AvgIpc) is 1.56. The molecule has 0 spiro atoms. The van der Waals surface area contributed by atoms with Gasteiger partial charge in [0.15, 0.2) is 46.4 Å². The number of H-pyrrole nitrogens is 1. The molecule has 1 unspecified atom stereocenters. The van der Waals surface area contributed by atoms with Crippen molar-refractivity contribution in [2.45, 2.75) is 66.5 Å². The summed E-state index contributed by atoms with van der Waals surface area (Å²) in [5.74, 6) is 0.685. The van der Waals surface area contributed by atoms with E-state index >= 15 is 0 Å². The number of carbonyl (C=O) groups excluding carboxylic acids is 4. The lowest BCUT2D eigenvalue weighted by Gasteiger charge is -2.24. The van der Waals surface area contributed by atoms with Crippen molar-refractivity contribution < 1.29 is 52.1 Å². The zero-order chi connectivity index (χ0) is 108. The van der Waals surface area contributed by atoms with Crippen molar-refractivity contribution in [2.75, 3.05) is 33.0 Å². The Balaban J connectivity index is 0.000000156. The fraction of sp³-hybridized carbons (Fsp3) is 0.129. The van der Waals surface area contributed by atoms with Crippen molar-refractivity contribution in [3.8, 4) is 82.0 Å². The summed E-state index contributed by atoms with van der Waals surface area (Å²) in [6.45, 7) is 27.0. The summed E-state index contributed by atoms with van der Waals surface area (Å²) in [4.78, 5) is 132. The highest BCUT2D eigenvalue weighted by Crippen LogP contribution is 2.45. The number of ether oxygens (including phenoxy) is 4. The SMILES string of the molecule is C=C1NC(=O)N(c2cc(Cl)c(Cc3ccc(=O)n(C(C)C)n3)c(Cl)c2)N=C1C#N.C=C1NC(=O)N(c2cc(Cl)c(Oc3ccc(=O)n(-c4cc[nH]c(=O)c4)n3)c(Cl)c2)N=C1C#N.C=C1NC(=O)N(c2cc(Cl)c(Oc3ccc(=O)n(-c4cnoc4)n3)c(Cl)c2)N=C1C#N.C=C1NC(=O)N(c2cc(Cl)c(Oc3ccc(=O)n(-c4cnsc4)n3)c(Cl)c2)N=C1C#N.Cc1cc(OCP(C)(=O)O)cc(C)c1Cc1ccc(=O)n(C(C)C)n1. The normalized spacial score (nSPS) is 13.5. The molecule has 4 aliphatic rings. The number of amides is 8. The van der Waals surface area contributed by atoms with Gasteiger partial charge in [0, 0.05) is 95.7 Å². The van der Waals surface area contributed by atoms with Gasteiger partial charge in [0.2, 0.25) is 30.6 Å². The number of hydrogen-bond acceptors (Lipinski definition) is 32. The molecule has 8 amide bonds. The standard InChI is InChI=1S/C20H11Cl2N7O4.C19H16Cl2N6O2.C18H9Cl2N7O4.C18H9Cl2N7O3S.C18H25N2O4P/c1-10-15(9-23)26-29(20(32)25-10)12-6-13(21)19(14(22)7-12)33-17-2-3-18(31)28(27-17)11-4-5-24-16(30)8-11;1-10(2)26-18(28)5-4-12(24-26)6-14-15(20)7-13(8-16(14)21)27-19(29)23-11(3)17(9-22)25-27;1-9-14(6-21)24-27(18(29)23-9)10-4-12(19)17(13(20)5-10)31-15-2-3-16(28)26(25-15)11-7-22-30-8-11;1-9-14(6-21)24-27(18(29)23-9)10-4-12(19)17(13(20)5-10)30-15-2-3-16(28)26(25-15)11-7-22-31-8-11;1-12(2)20-18(21)7-6-15(19-20)10-17-13(3)8-16(9-14(17)4)24-11-25(5,22)23/h2-8H,1H2,(H,24,30)(H,25,32);4-5,7-8,10H,3,6H2,1-2H3,(H,23,29);2*2-5,7-8H,1H2,(H,23,29);6-9,12H,10-11H2,1-5H3,(H,22,23). The van der Waals surface area contributed by atoms with Gasteiger partial charge >= 0.3 is 24.1 Å². The fourth-order valence-corrected chi connectivity index (χ4v) is 16.3. The van der Waals surface area contributed by atoms with Gasteiger partial charge in [-0.1, -0.05) is 124 Å². The maximum absolute atomic E-state index is 12.2. The Labute approximate surface area is 883 Å². The molecule has 46 nitrogen and oxygen atoms in total. The van der Waals surface area contributed by atoms with E-state index in [2.05, 4.69) is 108 Å². The van der Waals surface area contributed by atoms with Crippen molar-refractivity contribution in [1.29, 1.82) is 21.0 Å². The molecule has 12 heterocycles. The van der Waals surface area contributed by atoms with Crippen molar-refractivity contribution in [3.05, 3.63) is 349 Å². The lowest BCUT2D eigenvalue weighted by Crippen LogP contribution is -2.43. The number of carbonyl (C=O) groups is 4. The molecule has 17 rings (SSSR count). The van der Waals surface area contributed by atoms with Crippen LogP contribution in [0.2, 0.25) is 40.2 Å². The largest absolute Gasteiger partial charge is 0.484 e. The molecule has 0 saturated carbocycles. The van der Waals surface area contributed by atoms with Gasteiger partial charge in [-0.2, -0.15) is 90.1 Å². The van der Waals surface area contributed by atoms with E-state index < -0.39 is 48.2 Å². The number of nitrogens with one attached hydrogen (secondary N) is 5. The van der Waals surface area contributed by atoms with Crippen LogP contribution in [0.25, 0.3) is 17.1 Å². The second-order valence-corrected chi connectivity index (χ2v) is 37.9. The van der Waals surface area contributed by atoms with E-state index in [0.717, 1.165) is 56.5 Å². The number of aromatic nitrogens is 13. The number of pyridine rings is 1. The first-order valence-electron chi connectivity index (χ1n) is 42.4. The highest BCUT2D eigenvalue weighted by molar-refractivity contribution is 7.56. The van der Waals surface area contributed by atoms with E-state index in [1.165, 1.54) is 156 Å². The van der Waals surface area contributed by atoms with Gasteiger partial charge in [0.25, 0.3) is 27.8 Å². The highest BCUT2D eigenvalue weighted by atomic mass is 35.5. The predicted octanol–water partition coefficient (Wildman–Crippen LogP) is 16.8. The molecule has 0 fully saturated rings. The van der Waals surface area contributed by atoms with Crippen molar-refractivity contribution in [1.82, 2.24) is 84.7 Å². The Hall–Kier alpha value is -17.3. The third kappa shape index (κ3) is 26.5. The van der Waals surface area contributed by atoms with Crippen LogP contribution in [-0.2, 0) is 17.4 Å². The number of allylic oxidation sites excluding steroid dienone is 4. The molecule has 0 radical (unpaired) electrons. The molecule has 0 aliphatic carbocycles. The molecule has 6 N–H and O–H groups in total. The summed E-state index contributed by atoms with van der Waals surface area (Å²) in [5.41, 5.74) is 5.08. The van der Waals surface area contributed by atoms with Crippen molar-refractivity contribution in [3.63, 3.8) is 0 Å². The number of aromatic amines is 1. The number of urea groups is 4. The van der Waals surface area contributed by atoms with Gasteiger partial charge in [-0.05, 0) is 154 Å². The molecule has 8 aromatic heterocycles. The third-order valence-corrected chi connectivity index (χ3v) is 23.6. The van der Waals surface area contributed by atoms with E-state index in [9.17, 15) is 57.4 Å². The Morgan fingerprint density at radius 2 is 0.765 bits per heavy atom. The fourth-order valence-electron chi connectivity index (χ4n) is 13.1. The number of aryl methyl sites for hydroxylation is 2. The van der Waals surface area contributed by atoms with Crippen LogP contribution in [0.4, 0.5) is 41.9 Å². The average molecular weight is 2210 g/mol. The Morgan fingerprint density at radius 1 is 0.430 bits per heavy atom. The van der Waals surface area contributed by atoms with Crippen LogP contribution < -0.4 is 93.6 Å². The predicted molar refractivity (Wildman–Crippen MR) is 555 cm³/mol. The van der Waals surface area contributed by atoms with Gasteiger partial charge in [0.05, 0.1) is 123 Å². The number of hydrogen-bond donors (Lipinski definition) is 6. The maximum atomic E-state index is 12.2. The number of benzene rings is 5. The monoisotopic (exact) mass is 2210 g/mol. The first-order valence-corrected chi connectivity index (χ1v) is 48.6. The molecule has 5 aromatic carbocycles. The maximum Gasteiger partial charge on any atom is 0.347 e. The Morgan fingerprint density at radius 3 is 1.08 bits per heavy atom. The van der Waals surface area contributed by atoms with Crippen LogP contribution in [-0.4, -0.2) is 128 Å². The minimum atomic E-state index is -3.21. The van der Waals surface area contributed by atoms with E-state index in [-0.39, 0.29) is 169 Å². The van der Waals surface area contributed by atoms with Crippen LogP contribution in [0.15, 0.2) is 266 Å². The Bertz CT molecular complexity index is 8120. The van der Waals surface area contributed by atoms with Crippen molar-refractivity contribution in [2.24, 2.45) is 20.4 Å². The quantitative estimate of drug-likeness (QED) is 0.0343. The molecule has 4 aliphatic heterocycles. The summed E-state index contributed by atoms with van der Waals surface area (Å²) in [5, 5.41) is 92.7. The van der Waals surface area contributed by atoms with Crippen molar-refractivity contribution >= 4 is 181 Å². The molecule has 56 heteroatoms. The molecule has 149 heavy (non-hydrogen) atoms. The topological polar surface area (TPSA) is 594 Å². The first kappa shape index (κ1) is 109. The highest BCUT2D eigenvalue weighted by Gasteiger charge is 2.33. The summed E-state index contributed by atoms with van der Waals surface area (Å²) in [6.07, 6.45) is 6.11. The number of nitrogens with zero attached hydrogens (tertiary/aromatic N) is 24. The number of nitriles is 4. The lowest BCUT2D eigenvalue weighted by atomic mass is 9.98. The molecule has 13 aromatic rings. The molecule has 0 saturated heterocycles. The second kappa shape index (κ2) is 47.2. The lowest BCUT2D eigenvalue weighted by molar-refractivity contribution is 0.247. The number of halogens is 8. The summed E-state index contributed by atoms with van der Waals surface area (Å²) < 4.78 is 48.5. The molecular weight excluding hydrogens is 2140 g/mol. The van der Waals surface area contributed by atoms with Gasteiger partial charge < -0.3 is 54.6 Å². The van der Waals surface area contributed by atoms with Crippen LogP contribution in [0, 0.1) is 59.2 Å². The zero-order valence-corrected chi connectivity index (χ0v) is 85.5. The molecule has 1 atom stereocenters. The van der Waals surface area contributed by atoms with E-state index in [4.69, 9.17) is 137 Å². The molecule has 756 valence electrons. The molecular formula is C93H70Cl8N29O17PS. The minimum absolute atomic E-state index is 0.000821. The first-order chi connectivity index (χ1) is 70.8. The summed E-state index contributed by atoms with van der Waals surface area (Å²) in [6, 6.07) is 36.4. The van der Waals surface area contributed by atoms with E-state index in [1.807, 2.05) is 78.0 Å². The number of hydrazone groups is 4. The van der Waals surface area contributed by atoms with Gasteiger partial charge in [-0.15, -0.1) is 15.3 Å². The Kier molecular flexibility index (Phi) is 34.5. The number of rotatable bonds is 22. The minimum Gasteiger partial charge on any atom is -0.484 e. The van der Waals surface area contributed by atoms with Gasteiger partial charge in [-0.3, -0.25) is 33.3 Å². The smallest absolute Gasteiger partial charge is 0.347 e. The zero-order valence-electron chi connectivity index (χ0n) is 77.8. The van der Waals surface area contributed by atoms with Crippen LogP contribution in [0.5, 0.6) is 40.6 Å². The molecule has 0 bridgehead atoms. The van der Waals surface area contributed by atoms with E-state index in [0.29, 0.717) is 57.0 Å². The van der Waals surface area contributed by atoms with Gasteiger partial charge in [0.1, 0.15) is 42.0 Å². The van der Waals surface area contributed by atoms with E-state index in [1.54, 1.807) is 23.6 Å². The third-order valence-electron chi connectivity index (χ3n) is 20.1. The second-order valence-electron chi connectivity index (χ2n) is 31.6.